The zero-order valence-corrected chi connectivity index (χ0v) is 14.5. The fourth-order valence-electron chi connectivity index (χ4n) is 4.00. The number of fused-ring (bicyclic) bond motifs is 2. The molecule has 0 aromatic heterocycles. The maximum Gasteiger partial charge on any atom is 0.159 e. The smallest absolute Gasteiger partial charge is 0.159 e. The maximum absolute atomic E-state index is 11.7. The van der Waals surface area contributed by atoms with Crippen molar-refractivity contribution >= 4 is 5.78 Å². The van der Waals surface area contributed by atoms with E-state index in [1.807, 2.05) is 25.1 Å². The third-order valence-corrected chi connectivity index (χ3v) is 5.26. The Balaban J connectivity index is 1.74. The monoisotopic (exact) mass is 316 g/mol. The number of benzene rings is 1. The number of carbonyl (C=O) groups is 1. The molecule has 23 heavy (non-hydrogen) atoms. The minimum atomic E-state index is 0.108. The van der Waals surface area contributed by atoms with Gasteiger partial charge in [0.15, 0.2) is 5.78 Å². The molecular weight excluding hydrogens is 288 g/mol. The normalized spacial score (nSPS) is 26.5. The van der Waals surface area contributed by atoms with Crippen LogP contribution in [0.2, 0.25) is 0 Å². The van der Waals surface area contributed by atoms with Crippen LogP contribution in [0.4, 0.5) is 0 Å². The van der Waals surface area contributed by atoms with Crippen LogP contribution in [-0.4, -0.2) is 42.5 Å². The van der Waals surface area contributed by atoms with Gasteiger partial charge in [0.2, 0.25) is 0 Å². The number of hydrogen-bond acceptors (Lipinski definition) is 4. The van der Waals surface area contributed by atoms with Crippen molar-refractivity contribution in [2.45, 2.75) is 64.2 Å². The molecule has 126 valence electrons. The number of rotatable bonds is 6. The topological polar surface area (TPSA) is 41.6 Å². The predicted octanol–water partition coefficient (Wildman–Crippen LogP) is 3.00. The highest BCUT2D eigenvalue weighted by Crippen LogP contribution is 2.31. The Hall–Kier alpha value is -1.39. The SMILES string of the molecule is CCOc1ccc(C(C)=O)cc1CN(C)C1CC2CCC(C1)N2. The van der Waals surface area contributed by atoms with Crippen molar-refractivity contribution in [3.63, 3.8) is 0 Å². The van der Waals surface area contributed by atoms with Crippen LogP contribution in [0.3, 0.4) is 0 Å². The first kappa shape index (κ1) is 16.5. The summed E-state index contributed by atoms with van der Waals surface area (Å²) in [5, 5.41) is 3.70. The Morgan fingerprint density at radius 1 is 1.30 bits per heavy atom. The van der Waals surface area contributed by atoms with Crippen LogP contribution in [0, 0.1) is 0 Å². The summed E-state index contributed by atoms with van der Waals surface area (Å²) in [5.41, 5.74) is 1.88. The molecule has 2 unspecified atom stereocenters. The minimum Gasteiger partial charge on any atom is -0.494 e. The lowest BCUT2D eigenvalue weighted by Gasteiger charge is -2.35. The van der Waals surface area contributed by atoms with Gasteiger partial charge in [0.1, 0.15) is 5.75 Å². The largest absolute Gasteiger partial charge is 0.494 e. The molecule has 4 nitrogen and oxygen atoms in total. The molecule has 2 aliphatic rings. The molecular formula is C19H28N2O2. The third kappa shape index (κ3) is 3.75. The number of ether oxygens (including phenoxy) is 1. The average Bonchev–Trinajstić information content (AvgIpc) is 2.87. The molecule has 0 radical (unpaired) electrons. The van der Waals surface area contributed by atoms with Crippen LogP contribution in [0.5, 0.6) is 5.75 Å². The van der Waals surface area contributed by atoms with Gasteiger partial charge in [-0.1, -0.05) is 0 Å². The van der Waals surface area contributed by atoms with Gasteiger partial charge in [-0.3, -0.25) is 9.69 Å². The number of carbonyl (C=O) groups excluding carboxylic acids is 1. The quantitative estimate of drug-likeness (QED) is 0.819. The Morgan fingerprint density at radius 2 is 2.00 bits per heavy atom. The highest BCUT2D eigenvalue weighted by atomic mass is 16.5. The van der Waals surface area contributed by atoms with Crippen LogP contribution in [0.25, 0.3) is 0 Å². The molecule has 1 N–H and O–H groups in total. The molecule has 2 fully saturated rings. The Kier molecular flexibility index (Phi) is 5.02. The molecule has 2 atom stereocenters. The van der Waals surface area contributed by atoms with E-state index >= 15 is 0 Å². The van der Waals surface area contributed by atoms with E-state index in [-0.39, 0.29) is 5.78 Å². The first-order chi connectivity index (χ1) is 11.1. The summed E-state index contributed by atoms with van der Waals surface area (Å²) in [6, 6.07) is 7.80. The zero-order chi connectivity index (χ0) is 16.4. The van der Waals surface area contributed by atoms with Crippen LogP contribution in [-0.2, 0) is 6.54 Å². The van der Waals surface area contributed by atoms with Crippen molar-refractivity contribution in [1.29, 1.82) is 0 Å². The summed E-state index contributed by atoms with van der Waals surface area (Å²) in [4.78, 5) is 14.1. The fraction of sp³-hybridized carbons (Fsp3) is 0.632. The average molecular weight is 316 g/mol. The minimum absolute atomic E-state index is 0.108. The van der Waals surface area contributed by atoms with E-state index in [9.17, 15) is 4.79 Å². The van der Waals surface area contributed by atoms with Crippen molar-refractivity contribution in [3.05, 3.63) is 29.3 Å². The van der Waals surface area contributed by atoms with Crippen LogP contribution < -0.4 is 10.1 Å². The number of Topliss-reactive ketones (excluding diaryl/α,β-unsaturated/α-hetero) is 1. The predicted molar refractivity (Wildman–Crippen MR) is 92.1 cm³/mol. The van der Waals surface area contributed by atoms with Gasteiger partial charge < -0.3 is 10.1 Å². The number of hydrogen-bond donors (Lipinski definition) is 1. The molecule has 0 spiro atoms. The van der Waals surface area contributed by atoms with Gasteiger partial charge in [-0.15, -0.1) is 0 Å². The second-order valence-corrected chi connectivity index (χ2v) is 6.99. The van der Waals surface area contributed by atoms with Crippen molar-refractivity contribution in [2.24, 2.45) is 0 Å². The first-order valence-corrected chi connectivity index (χ1v) is 8.79. The Labute approximate surface area is 139 Å². The number of ketones is 1. The third-order valence-electron chi connectivity index (χ3n) is 5.26. The van der Waals surface area contributed by atoms with E-state index in [2.05, 4.69) is 17.3 Å². The van der Waals surface area contributed by atoms with E-state index in [4.69, 9.17) is 4.74 Å². The Morgan fingerprint density at radius 3 is 2.61 bits per heavy atom. The molecule has 2 heterocycles. The molecule has 2 aliphatic heterocycles. The molecule has 0 saturated carbocycles. The summed E-state index contributed by atoms with van der Waals surface area (Å²) in [7, 11) is 2.20. The van der Waals surface area contributed by atoms with Crippen molar-refractivity contribution in [3.8, 4) is 5.75 Å². The molecule has 0 aliphatic carbocycles. The number of nitrogens with zero attached hydrogens (tertiary/aromatic N) is 1. The number of nitrogens with one attached hydrogen (secondary N) is 1. The summed E-state index contributed by atoms with van der Waals surface area (Å²) in [5.74, 6) is 1.01. The summed E-state index contributed by atoms with van der Waals surface area (Å²) >= 11 is 0. The van der Waals surface area contributed by atoms with Crippen LogP contribution >= 0.6 is 0 Å². The van der Waals surface area contributed by atoms with E-state index in [1.165, 1.54) is 25.7 Å². The van der Waals surface area contributed by atoms with Crippen molar-refractivity contribution in [1.82, 2.24) is 10.2 Å². The van der Waals surface area contributed by atoms with Crippen molar-refractivity contribution in [2.75, 3.05) is 13.7 Å². The lowest BCUT2D eigenvalue weighted by Crippen LogP contribution is -2.46. The summed E-state index contributed by atoms with van der Waals surface area (Å²) in [6.07, 6.45) is 5.09. The molecule has 2 saturated heterocycles. The van der Waals surface area contributed by atoms with Gasteiger partial charge in [0.05, 0.1) is 6.61 Å². The first-order valence-electron chi connectivity index (χ1n) is 8.79. The summed E-state index contributed by atoms with van der Waals surface area (Å²) in [6.45, 7) is 5.10. The van der Waals surface area contributed by atoms with E-state index in [0.29, 0.717) is 24.7 Å². The molecule has 3 rings (SSSR count). The Bertz CT molecular complexity index is 560. The molecule has 0 amide bonds. The van der Waals surface area contributed by atoms with Crippen molar-refractivity contribution < 1.29 is 9.53 Å². The lowest BCUT2D eigenvalue weighted by atomic mass is 9.97. The van der Waals surface area contributed by atoms with Gasteiger partial charge in [-0.05, 0) is 64.8 Å². The van der Waals surface area contributed by atoms with Gasteiger partial charge in [-0.2, -0.15) is 0 Å². The van der Waals surface area contributed by atoms with Crippen LogP contribution in [0.15, 0.2) is 18.2 Å². The van der Waals surface area contributed by atoms with Gasteiger partial charge >= 0.3 is 0 Å². The van der Waals surface area contributed by atoms with E-state index in [0.717, 1.165) is 23.4 Å². The van der Waals surface area contributed by atoms with Crippen LogP contribution in [0.1, 0.15) is 55.5 Å². The second-order valence-electron chi connectivity index (χ2n) is 6.99. The second kappa shape index (κ2) is 7.02. The number of piperidine rings is 1. The standard InChI is InChI=1S/C19H28N2O2/c1-4-23-19-8-5-14(13(2)22)9-15(19)12-21(3)18-10-16-6-7-17(11-18)20-16/h5,8-9,16-18,20H,4,6-7,10-12H2,1-3H3. The lowest BCUT2D eigenvalue weighted by molar-refractivity contribution is 0.101. The molecule has 1 aromatic rings. The van der Waals surface area contributed by atoms with Gasteiger partial charge in [0.25, 0.3) is 0 Å². The fourth-order valence-corrected chi connectivity index (χ4v) is 4.00. The highest BCUT2D eigenvalue weighted by molar-refractivity contribution is 5.94. The summed E-state index contributed by atoms with van der Waals surface area (Å²) < 4.78 is 5.76. The maximum atomic E-state index is 11.7. The van der Waals surface area contributed by atoms with E-state index < -0.39 is 0 Å². The highest BCUT2D eigenvalue weighted by Gasteiger charge is 2.35. The van der Waals surface area contributed by atoms with E-state index in [1.54, 1.807) is 6.92 Å². The molecule has 4 heteroatoms. The van der Waals surface area contributed by atoms with Gasteiger partial charge in [0, 0.05) is 35.8 Å². The molecule has 1 aromatic carbocycles. The van der Waals surface area contributed by atoms with Gasteiger partial charge in [-0.25, -0.2) is 0 Å². The zero-order valence-electron chi connectivity index (χ0n) is 14.5. The molecule has 2 bridgehead atoms.